The van der Waals surface area contributed by atoms with Crippen molar-refractivity contribution >= 4 is 6.09 Å². The van der Waals surface area contributed by atoms with Crippen LogP contribution in [-0.2, 0) is 4.74 Å². The van der Waals surface area contributed by atoms with E-state index in [-0.39, 0.29) is 18.1 Å². The fourth-order valence-corrected chi connectivity index (χ4v) is 2.74. The number of ether oxygens (including phenoxy) is 1. The highest BCUT2D eigenvalue weighted by Gasteiger charge is 2.30. The Morgan fingerprint density at radius 2 is 2.00 bits per heavy atom. The highest BCUT2D eigenvalue weighted by Crippen LogP contribution is 2.28. The van der Waals surface area contributed by atoms with Gasteiger partial charge in [0.1, 0.15) is 5.60 Å². The van der Waals surface area contributed by atoms with Gasteiger partial charge in [0.25, 0.3) is 0 Å². The zero-order chi connectivity index (χ0) is 15.5. The molecule has 116 valence electrons. The van der Waals surface area contributed by atoms with E-state index in [1.807, 2.05) is 39.0 Å². The van der Waals surface area contributed by atoms with Gasteiger partial charge in [-0.2, -0.15) is 0 Å². The van der Waals surface area contributed by atoms with Crippen molar-refractivity contribution in [1.29, 1.82) is 0 Å². The zero-order valence-electron chi connectivity index (χ0n) is 13.2. The van der Waals surface area contributed by atoms with E-state index in [4.69, 9.17) is 10.5 Å². The predicted molar refractivity (Wildman–Crippen MR) is 83.9 cm³/mol. The van der Waals surface area contributed by atoms with Crippen LogP contribution >= 0.6 is 0 Å². The number of carbonyl (C=O) groups is 1. The van der Waals surface area contributed by atoms with E-state index >= 15 is 0 Å². The standard InChI is InChI=1S/C17H26N2O2/c1-17(2,3)21-16(20)19-11-7-10-14(12-19)15(18)13-8-5-4-6-9-13/h4-6,8-9,14-15H,7,10-12,18H2,1-3H3/t14-,15-/m1/s1. The third-order valence-corrected chi connectivity index (χ3v) is 3.80. The van der Waals surface area contributed by atoms with Crippen molar-refractivity contribution in [2.75, 3.05) is 13.1 Å². The summed E-state index contributed by atoms with van der Waals surface area (Å²) in [5, 5.41) is 0. The van der Waals surface area contributed by atoms with Crippen LogP contribution in [0.3, 0.4) is 0 Å². The third-order valence-electron chi connectivity index (χ3n) is 3.80. The molecule has 4 nitrogen and oxygen atoms in total. The van der Waals surface area contributed by atoms with Gasteiger partial charge in [-0.05, 0) is 45.1 Å². The van der Waals surface area contributed by atoms with Gasteiger partial charge < -0.3 is 15.4 Å². The molecule has 1 aliphatic rings. The molecular formula is C17H26N2O2. The van der Waals surface area contributed by atoms with Crippen molar-refractivity contribution in [2.24, 2.45) is 11.7 Å². The molecule has 1 aliphatic heterocycles. The molecule has 0 radical (unpaired) electrons. The van der Waals surface area contributed by atoms with E-state index in [1.165, 1.54) is 0 Å². The highest BCUT2D eigenvalue weighted by molar-refractivity contribution is 5.68. The van der Waals surface area contributed by atoms with Crippen LogP contribution in [0, 0.1) is 5.92 Å². The first-order valence-electron chi connectivity index (χ1n) is 7.65. The van der Waals surface area contributed by atoms with E-state index in [1.54, 1.807) is 4.90 Å². The van der Waals surface area contributed by atoms with Gasteiger partial charge in [0.05, 0.1) is 0 Å². The maximum absolute atomic E-state index is 12.2. The largest absolute Gasteiger partial charge is 0.444 e. The van der Waals surface area contributed by atoms with E-state index in [9.17, 15) is 4.79 Å². The second-order valence-electron chi connectivity index (χ2n) is 6.77. The summed E-state index contributed by atoms with van der Waals surface area (Å²) in [6.45, 7) is 7.10. The Balaban J connectivity index is 1.99. The molecule has 0 spiro atoms. The summed E-state index contributed by atoms with van der Waals surface area (Å²) < 4.78 is 5.46. The molecule has 2 rings (SSSR count). The molecule has 1 aromatic carbocycles. The number of rotatable bonds is 2. The summed E-state index contributed by atoms with van der Waals surface area (Å²) in [5.74, 6) is 0.286. The average Bonchev–Trinajstić information content (AvgIpc) is 2.46. The number of likely N-dealkylation sites (tertiary alicyclic amines) is 1. The average molecular weight is 290 g/mol. The van der Waals surface area contributed by atoms with Gasteiger partial charge in [0.15, 0.2) is 0 Å². The van der Waals surface area contributed by atoms with Gasteiger partial charge in [0, 0.05) is 19.1 Å². The second-order valence-corrected chi connectivity index (χ2v) is 6.77. The van der Waals surface area contributed by atoms with E-state index < -0.39 is 5.60 Å². The van der Waals surface area contributed by atoms with Crippen LogP contribution in [0.25, 0.3) is 0 Å². The monoisotopic (exact) mass is 290 g/mol. The minimum atomic E-state index is -0.453. The topological polar surface area (TPSA) is 55.6 Å². The lowest BCUT2D eigenvalue weighted by Gasteiger charge is -2.36. The van der Waals surface area contributed by atoms with Crippen LogP contribution in [0.1, 0.15) is 45.2 Å². The smallest absolute Gasteiger partial charge is 0.410 e. The third kappa shape index (κ3) is 4.46. The molecular weight excluding hydrogens is 264 g/mol. The fraction of sp³-hybridized carbons (Fsp3) is 0.588. The van der Waals surface area contributed by atoms with Gasteiger partial charge in [0.2, 0.25) is 0 Å². The molecule has 1 fully saturated rings. The number of hydrogen-bond acceptors (Lipinski definition) is 3. The number of amides is 1. The zero-order valence-corrected chi connectivity index (χ0v) is 13.2. The Morgan fingerprint density at radius 1 is 1.33 bits per heavy atom. The van der Waals surface area contributed by atoms with E-state index in [0.29, 0.717) is 6.54 Å². The van der Waals surface area contributed by atoms with Crippen molar-refractivity contribution in [1.82, 2.24) is 4.90 Å². The molecule has 2 N–H and O–H groups in total. The summed E-state index contributed by atoms with van der Waals surface area (Å²) in [7, 11) is 0. The number of nitrogens with zero attached hydrogens (tertiary/aromatic N) is 1. The molecule has 2 atom stereocenters. The number of nitrogens with two attached hydrogens (primary N) is 1. The summed E-state index contributed by atoms with van der Waals surface area (Å²) in [6, 6.07) is 10.1. The summed E-state index contributed by atoms with van der Waals surface area (Å²) in [4.78, 5) is 14.0. The lowest BCUT2D eigenvalue weighted by molar-refractivity contribution is 0.0152. The van der Waals surface area contributed by atoms with E-state index in [2.05, 4.69) is 12.1 Å². The molecule has 1 aromatic rings. The Hall–Kier alpha value is -1.55. The Bertz CT molecular complexity index is 467. The lowest BCUT2D eigenvalue weighted by Crippen LogP contribution is -2.45. The molecule has 0 aromatic heterocycles. The summed E-state index contributed by atoms with van der Waals surface area (Å²) >= 11 is 0. The molecule has 4 heteroatoms. The van der Waals surface area contributed by atoms with Crippen LogP contribution < -0.4 is 5.73 Å². The van der Waals surface area contributed by atoms with Gasteiger partial charge in [-0.15, -0.1) is 0 Å². The van der Waals surface area contributed by atoms with Gasteiger partial charge in [-0.1, -0.05) is 30.3 Å². The van der Waals surface area contributed by atoms with Crippen LogP contribution in [0.15, 0.2) is 30.3 Å². The van der Waals surface area contributed by atoms with Crippen molar-refractivity contribution < 1.29 is 9.53 Å². The maximum Gasteiger partial charge on any atom is 0.410 e. The normalized spacial score (nSPS) is 21.0. The predicted octanol–water partition coefficient (Wildman–Crippen LogP) is 3.33. The Labute approximate surface area is 127 Å². The molecule has 0 unspecified atom stereocenters. The first kappa shape index (κ1) is 15.8. The molecule has 0 bridgehead atoms. The van der Waals surface area contributed by atoms with Crippen LogP contribution in [0.4, 0.5) is 4.79 Å². The molecule has 1 saturated heterocycles. The van der Waals surface area contributed by atoms with Gasteiger partial charge in [-0.3, -0.25) is 0 Å². The molecule has 0 aliphatic carbocycles. The maximum atomic E-state index is 12.2. The van der Waals surface area contributed by atoms with Crippen LogP contribution in [-0.4, -0.2) is 29.7 Å². The highest BCUT2D eigenvalue weighted by atomic mass is 16.6. The Morgan fingerprint density at radius 3 is 2.62 bits per heavy atom. The number of piperidine rings is 1. The minimum absolute atomic E-state index is 0.0311. The molecule has 1 heterocycles. The quantitative estimate of drug-likeness (QED) is 0.909. The number of carbonyl (C=O) groups excluding carboxylic acids is 1. The van der Waals surface area contributed by atoms with Crippen molar-refractivity contribution in [2.45, 2.75) is 45.3 Å². The van der Waals surface area contributed by atoms with Gasteiger partial charge in [-0.25, -0.2) is 4.79 Å². The first-order chi connectivity index (χ1) is 9.87. The molecule has 1 amide bonds. The van der Waals surface area contributed by atoms with Crippen molar-refractivity contribution in [3.8, 4) is 0 Å². The lowest BCUT2D eigenvalue weighted by atomic mass is 9.87. The molecule has 0 saturated carbocycles. The minimum Gasteiger partial charge on any atom is -0.444 e. The van der Waals surface area contributed by atoms with Crippen molar-refractivity contribution in [3.05, 3.63) is 35.9 Å². The number of hydrogen-bond donors (Lipinski definition) is 1. The van der Waals surface area contributed by atoms with Crippen molar-refractivity contribution in [3.63, 3.8) is 0 Å². The fourth-order valence-electron chi connectivity index (χ4n) is 2.74. The van der Waals surface area contributed by atoms with Crippen LogP contribution in [0.2, 0.25) is 0 Å². The second kappa shape index (κ2) is 6.48. The summed E-state index contributed by atoms with van der Waals surface area (Å²) in [6.07, 6.45) is 1.80. The number of benzene rings is 1. The van der Waals surface area contributed by atoms with E-state index in [0.717, 1.165) is 24.9 Å². The SMILES string of the molecule is CC(C)(C)OC(=O)N1CCC[C@@H]([C@H](N)c2ccccc2)C1. The summed E-state index contributed by atoms with van der Waals surface area (Å²) in [5.41, 5.74) is 7.06. The van der Waals surface area contributed by atoms with Crippen LogP contribution in [0.5, 0.6) is 0 Å². The first-order valence-corrected chi connectivity index (χ1v) is 7.65. The Kier molecular flexibility index (Phi) is 4.88. The van der Waals surface area contributed by atoms with Gasteiger partial charge >= 0.3 is 6.09 Å². The molecule has 21 heavy (non-hydrogen) atoms.